The predicted molar refractivity (Wildman–Crippen MR) is 74.7 cm³/mol. The van der Waals surface area contributed by atoms with E-state index in [2.05, 4.69) is 10.0 Å². The monoisotopic (exact) mass is 325 g/mol. The number of nitrogens with one attached hydrogen (secondary N) is 2. The maximum absolute atomic E-state index is 12.0. The van der Waals surface area contributed by atoms with E-state index in [9.17, 15) is 13.2 Å². The molecular formula is C10H13Cl2N3O3S. The fourth-order valence-corrected chi connectivity index (χ4v) is 3.59. The van der Waals surface area contributed by atoms with Crippen molar-refractivity contribution in [2.75, 3.05) is 19.3 Å². The van der Waals surface area contributed by atoms with Crippen LogP contribution in [-0.2, 0) is 14.8 Å². The summed E-state index contributed by atoms with van der Waals surface area (Å²) in [4.78, 5) is 10.7. The van der Waals surface area contributed by atoms with Gasteiger partial charge < -0.3 is 11.1 Å². The Morgan fingerprint density at radius 1 is 1.32 bits per heavy atom. The second-order valence-corrected chi connectivity index (χ2v) is 6.15. The number of hydrogen-bond donors (Lipinski definition) is 3. The van der Waals surface area contributed by atoms with Crippen molar-refractivity contribution >= 4 is 44.8 Å². The van der Waals surface area contributed by atoms with Crippen LogP contribution in [0.15, 0.2) is 17.0 Å². The summed E-state index contributed by atoms with van der Waals surface area (Å²) in [5, 5.41) is 2.24. The lowest BCUT2D eigenvalue weighted by Gasteiger charge is -2.10. The fraction of sp³-hybridized carbons (Fsp3) is 0.300. The number of halogens is 2. The van der Waals surface area contributed by atoms with Crippen LogP contribution < -0.4 is 15.8 Å². The van der Waals surface area contributed by atoms with Gasteiger partial charge >= 0.3 is 0 Å². The smallest absolute Gasteiger partial charge is 0.243 e. The number of nitrogen functional groups attached to an aromatic ring is 1. The van der Waals surface area contributed by atoms with Gasteiger partial charge in [0.2, 0.25) is 15.9 Å². The lowest BCUT2D eigenvalue weighted by Crippen LogP contribution is -2.29. The molecule has 0 aromatic heterocycles. The predicted octanol–water partition coefficient (Wildman–Crippen LogP) is 0.990. The first-order valence-electron chi connectivity index (χ1n) is 5.22. The minimum atomic E-state index is -3.89. The third kappa shape index (κ3) is 4.24. The highest BCUT2D eigenvalue weighted by atomic mass is 35.5. The van der Waals surface area contributed by atoms with E-state index in [0.29, 0.717) is 0 Å². The average Bonchev–Trinajstić information content (AvgIpc) is 2.26. The van der Waals surface area contributed by atoms with E-state index in [1.54, 1.807) is 0 Å². The van der Waals surface area contributed by atoms with E-state index in [-0.39, 0.29) is 39.5 Å². The van der Waals surface area contributed by atoms with E-state index >= 15 is 0 Å². The molecule has 0 atom stereocenters. The Morgan fingerprint density at radius 3 is 2.32 bits per heavy atom. The number of hydrogen-bond acceptors (Lipinski definition) is 4. The number of rotatable bonds is 5. The second kappa shape index (κ2) is 6.42. The van der Waals surface area contributed by atoms with Gasteiger partial charge in [0, 0.05) is 25.7 Å². The molecule has 4 N–H and O–H groups in total. The highest BCUT2D eigenvalue weighted by Gasteiger charge is 2.22. The first-order valence-corrected chi connectivity index (χ1v) is 7.46. The molecule has 0 heterocycles. The Morgan fingerprint density at radius 2 is 1.84 bits per heavy atom. The van der Waals surface area contributed by atoms with E-state index in [1.165, 1.54) is 19.2 Å². The highest BCUT2D eigenvalue weighted by molar-refractivity contribution is 7.89. The van der Waals surface area contributed by atoms with Gasteiger partial charge in [-0.1, -0.05) is 23.2 Å². The fourth-order valence-electron chi connectivity index (χ4n) is 1.33. The summed E-state index contributed by atoms with van der Waals surface area (Å²) in [6.07, 6.45) is 0.0138. The molecule has 0 spiro atoms. The van der Waals surface area contributed by atoms with Crippen LogP contribution in [0.3, 0.4) is 0 Å². The van der Waals surface area contributed by atoms with Gasteiger partial charge in [-0.15, -0.1) is 0 Å². The molecule has 0 bridgehead atoms. The summed E-state index contributed by atoms with van der Waals surface area (Å²) in [6.45, 7) is -0.0565. The van der Waals surface area contributed by atoms with Gasteiger partial charge in [-0.25, -0.2) is 13.1 Å². The molecule has 0 aliphatic heterocycles. The molecule has 6 nitrogen and oxygen atoms in total. The lowest BCUT2D eigenvalue weighted by molar-refractivity contribution is -0.120. The Bertz CT molecular complexity index is 567. The van der Waals surface area contributed by atoms with Crippen LogP contribution in [0.1, 0.15) is 6.42 Å². The zero-order valence-corrected chi connectivity index (χ0v) is 12.4. The van der Waals surface area contributed by atoms with Crippen molar-refractivity contribution in [2.45, 2.75) is 11.3 Å². The summed E-state index contributed by atoms with van der Waals surface area (Å²) < 4.78 is 26.2. The Labute approximate surface area is 121 Å². The Hall–Kier alpha value is -1.02. The molecule has 1 aromatic rings. The number of anilines is 1. The average molecular weight is 326 g/mol. The van der Waals surface area contributed by atoms with E-state index < -0.39 is 10.0 Å². The molecule has 106 valence electrons. The molecule has 0 aliphatic rings. The zero-order valence-electron chi connectivity index (χ0n) is 10.0. The van der Waals surface area contributed by atoms with Crippen molar-refractivity contribution in [3.63, 3.8) is 0 Å². The Kier molecular flexibility index (Phi) is 5.42. The molecule has 1 rings (SSSR count). The van der Waals surface area contributed by atoms with E-state index in [1.807, 2.05) is 0 Å². The SMILES string of the molecule is CNC(=O)CCNS(=O)(=O)c1c(Cl)cc(N)cc1Cl. The van der Waals surface area contributed by atoms with Gasteiger partial charge in [-0.2, -0.15) is 0 Å². The van der Waals surface area contributed by atoms with E-state index in [0.717, 1.165) is 0 Å². The molecule has 0 aliphatic carbocycles. The van der Waals surface area contributed by atoms with Gasteiger partial charge in [0.1, 0.15) is 4.90 Å². The standard InChI is InChI=1S/C10H13Cl2N3O3S/c1-14-9(16)2-3-15-19(17,18)10-7(11)4-6(13)5-8(10)12/h4-5,15H,2-3,13H2,1H3,(H,14,16). The summed E-state index contributed by atoms with van der Waals surface area (Å²) in [7, 11) is -2.43. The van der Waals surface area contributed by atoms with Crippen molar-refractivity contribution in [3.05, 3.63) is 22.2 Å². The van der Waals surface area contributed by atoms with Gasteiger partial charge in [0.25, 0.3) is 0 Å². The van der Waals surface area contributed by atoms with E-state index in [4.69, 9.17) is 28.9 Å². The quantitative estimate of drug-likeness (QED) is 0.702. The third-order valence-corrected chi connectivity index (χ3v) is 4.59. The molecular weight excluding hydrogens is 313 g/mol. The molecule has 9 heteroatoms. The number of carbonyl (C=O) groups excluding carboxylic acids is 1. The van der Waals surface area contributed by atoms with Gasteiger partial charge in [-0.3, -0.25) is 4.79 Å². The van der Waals surface area contributed by atoms with Crippen molar-refractivity contribution in [3.8, 4) is 0 Å². The van der Waals surface area contributed by atoms with Crippen molar-refractivity contribution < 1.29 is 13.2 Å². The van der Waals surface area contributed by atoms with Crippen LogP contribution in [0.25, 0.3) is 0 Å². The number of nitrogens with two attached hydrogens (primary N) is 1. The van der Waals surface area contributed by atoms with Crippen molar-refractivity contribution in [1.82, 2.24) is 10.0 Å². The minimum absolute atomic E-state index is 0.0138. The zero-order chi connectivity index (χ0) is 14.6. The van der Waals surface area contributed by atoms with Crippen molar-refractivity contribution in [1.29, 1.82) is 0 Å². The molecule has 0 fully saturated rings. The second-order valence-electron chi connectivity index (χ2n) is 3.63. The highest BCUT2D eigenvalue weighted by Crippen LogP contribution is 2.31. The van der Waals surface area contributed by atoms with Gasteiger partial charge in [0.05, 0.1) is 10.0 Å². The van der Waals surface area contributed by atoms with Crippen LogP contribution >= 0.6 is 23.2 Å². The minimum Gasteiger partial charge on any atom is -0.399 e. The van der Waals surface area contributed by atoms with Crippen LogP contribution in [0.2, 0.25) is 10.0 Å². The van der Waals surface area contributed by atoms with Gasteiger partial charge in [-0.05, 0) is 12.1 Å². The Balaban J connectivity index is 2.92. The maximum atomic E-state index is 12.0. The summed E-state index contributed by atoms with van der Waals surface area (Å²) in [5.41, 5.74) is 5.76. The number of benzene rings is 1. The molecule has 19 heavy (non-hydrogen) atoms. The molecule has 1 amide bonds. The number of carbonyl (C=O) groups is 1. The van der Waals surface area contributed by atoms with Crippen molar-refractivity contribution in [2.24, 2.45) is 0 Å². The number of amides is 1. The number of sulfonamides is 1. The molecule has 0 saturated heterocycles. The molecule has 0 radical (unpaired) electrons. The normalized spacial score (nSPS) is 11.3. The molecule has 0 unspecified atom stereocenters. The summed E-state index contributed by atoms with van der Waals surface area (Å²) in [6, 6.07) is 2.58. The summed E-state index contributed by atoms with van der Waals surface area (Å²) in [5.74, 6) is -0.280. The third-order valence-electron chi connectivity index (χ3n) is 2.21. The molecule has 1 aromatic carbocycles. The first-order chi connectivity index (χ1) is 8.77. The van der Waals surface area contributed by atoms with Crippen LogP contribution in [0.5, 0.6) is 0 Å². The maximum Gasteiger partial charge on any atom is 0.243 e. The first kappa shape index (κ1) is 16.0. The topological polar surface area (TPSA) is 101 Å². The molecule has 0 saturated carbocycles. The largest absolute Gasteiger partial charge is 0.399 e. The summed E-state index contributed by atoms with van der Waals surface area (Å²) >= 11 is 11.7. The van der Waals surface area contributed by atoms with Crippen LogP contribution in [-0.4, -0.2) is 27.9 Å². The van der Waals surface area contributed by atoms with Gasteiger partial charge in [0.15, 0.2) is 0 Å². The van der Waals surface area contributed by atoms with Crippen LogP contribution in [0.4, 0.5) is 5.69 Å². The van der Waals surface area contributed by atoms with Crippen LogP contribution in [0, 0.1) is 0 Å². The lowest BCUT2D eigenvalue weighted by atomic mass is 10.3.